The highest BCUT2D eigenvalue weighted by Crippen LogP contribution is 2.36. The molecule has 2 aromatic heterocycles. The van der Waals surface area contributed by atoms with Crippen molar-refractivity contribution in [1.29, 1.82) is 0 Å². The van der Waals surface area contributed by atoms with E-state index in [-0.39, 0.29) is 0 Å². The van der Waals surface area contributed by atoms with E-state index in [1.54, 1.807) is 24.6 Å². The molecule has 0 bridgehead atoms. The lowest BCUT2D eigenvalue weighted by atomic mass is 9.99. The monoisotopic (exact) mass is 275 g/mol. The zero-order chi connectivity index (χ0) is 13.2. The van der Waals surface area contributed by atoms with E-state index in [0.717, 1.165) is 17.7 Å². The van der Waals surface area contributed by atoms with Gasteiger partial charge in [-0.25, -0.2) is 0 Å². The summed E-state index contributed by atoms with van der Waals surface area (Å²) in [5.41, 5.74) is 2.00. The molecule has 100 valence electrons. The third kappa shape index (κ3) is 2.38. The van der Waals surface area contributed by atoms with Crippen LogP contribution in [0.4, 0.5) is 0 Å². The van der Waals surface area contributed by atoms with Crippen LogP contribution in [0.3, 0.4) is 0 Å². The minimum absolute atomic E-state index is 0.601. The fourth-order valence-corrected chi connectivity index (χ4v) is 3.81. The smallest absolute Gasteiger partial charge is 0.143 e. The largest absolute Gasteiger partial charge is 0.495 e. The van der Waals surface area contributed by atoms with Crippen LogP contribution in [-0.2, 0) is 12.8 Å². The summed E-state index contributed by atoms with van der Waals surface area (Å²) in [7, 11) is 1.60. The Balaban J connectivity index is 1.95. The molecule has 3 rings (SSSR count). The Bertz CT molecular complexity index is 556. The molecule has 4 heteroatoms. The van der Waals surface area contributed by atoms with E-state index in [0.29, 0.717) is 11.4 Å². The Labute approximate surface area is 116 Å². The molecule has 0 saturated heterocycles. The molecule has 0 spiro atoms. The van der Waals surface area contributed by atoms with E-state index in [1.807, 2.05) is 12.1 Å². The van der Waals surface area contributed by atoms with E-state index >= 15 is 0 Å². The van der Waals surface area contributed by atoms with E-state index in [2.05, 4.69) is 11.1 Å². The van der Waals surface area contributed by atoms with Crippen molar-refractivity contribution in [2.24, 2.45) is 0 Å². The van der Waals surface area contributed by atoms with Crippen LogP contribution in [0, 0.1) is 0 Å². The summed E-state index contributed by atoms with van der Waals surface area (Å²) < 4.78 is 5.27. The van der Waals surface area contributed by atoms with Gasteiger partial charge in [-0.3, -0.25) is 4.98 Å². The number of aliphatic hydroxyl groups excluding tert-OH is 1. The number of ether oxygens (including phenoxy) is 1. The van der Waals surface area contributed by atoms with Crippen molar-refractivity contribution in [3.63, 3.8) is 0 Å². The Hall–Kier alpha value is -1.39. The summed E-state index contributed by atoms with van der Waals surface area (Å²) in [6.07, 6.45) is 5.80. The van der Waals surface area contributed by atoms with Gasteiger partial charge in [-0.2, -0.15) is 0 Å². The molecular weight excluding hydrogens is 258 g/mol. The topological polar surface area (TPSA) is 42.4 Å². The predicted octanol–water partition coefficient (Wildman–Crippen LogP) is 3.11. The number of hydrogen-bond donors (Lipinski definition) is 1. The quantitative estimate of drug-likeness (QED) is 0.936. The summed E-state index contributed by atoms with van der Waals surface area (Å²) in [5, 5.41) is 10.5. The SMILES string of the molecule is COc1cccnc1C(O)c1cc2c(s1)CCCC2. The molecule has 2 aromatic rings. The Kier molecular flexibility index (Phi) is 3.53. The first-order valence-electron chi connectivity index (χ1n) is 6.58. The molecule has 0 radical (unpaired) electrons. The molecule has 19 heavy (non-hydrogen) atoms. The molecule has 0 saturated carbocycles. The second-order valence-electron chi connectivity index (χ2n) is 4.80. The van der Waals surface area contributed by atoms with Crippen LogP contribution >= 0.6 is 11.3 Å². The van der Waals surface area contributed by atoms with Crippen molar-refractivity contribution in [1.82, 2.24) is 4.98 Å². The van der Waals surface area contributed by atoms with Crippen LogP contribution < -0.4 is 4.74 Å². The van der Waals surface area contributed by atoms with Crippen molar-refractivity contribution in [2.45, 2.75) is 31.8 Å². The lowest BCUT2D eigenvalue weighted by molar-refractivity contribution is 0.213. The number of pyridine rings is 1. The molecular formula is C15H17NO2S. The van der Waals surface area contributed by atoms with Gasteiger partial charge in [-0.1, -0.05) is 0 Å². The molecule has 0 amide bonds. The van der Waals surface area contributed by atoms with E-state index < -0.39 is 6.10 Å². The van der Waals surface area contributed by atoms with Gasteiger partial charge in [0.1, 0.15) is 17.5 Å². The minimum Gasteiger partial charge on any atom is -0.495 e. The van der Waals surface area contributed by atoms with E-state index in [1.165, 1.54) is 23.3 Å². The molecule has 0 aromatic carbocycles. The highest BCUT2D eigenvalue weighted by atomic mass is 32.1. The number of nitrogens with zero attached hydrogens (tertiary/aromatic N) is 1. The van der Waals surface area contributed by atoms with Crippen molar-refractivity contribution >= 4 is 11.3 Å². The number of fused-ring (bicyclic) bond motifs is 1. The van der Waals surface area contributed by atoms with Gasteiger partial charge in [0, 0.05) is 16.0 Å². The summed E-state index contributed by atoms with van der Waals surface area (Å²) in [4.78, 5) is 6.67. The fraction of sp³-hybridized carbons (Fsp3) is 0.400. The van der Waals surface area contributed by atoms with Crippen LogP contribution in [0.1, 0.15) is 40.0 Å². The molecule has 1 aliphatic rings. The maximum absolute atomic E-state index is 10.5. The number of aromatic nitrogens is 1. The summed E-state index contributed by atoms with van der Waals surface area (Å²) in [6.45, 7) is 0. The maximum atomic E-state index is 10.5. The molecule has 3 nitrogen and oxygen atoms in total. The van der Waals surface area contributed by atoms with Crippen LogP contribution in [-0.4, -0.2) is 17.2 Å². The third-order valence-electron chi connectivity index (χ3n) is 3.56. The number of methoxy groups -OCH3 is 1. The maximum Gasteiger partial charge on any atom is 0.143 e. The Morgan fingerprint density at radius 3 is 3.00 bits per heavy atom. The van der Waals surface area contributed by atoms with Crippen LogP contribution in [0.5, 0.6) is 5.75 Å². The number of hydrogen-bond acceptors (Lipinski definition) is 4. The highest BCUT2D eigenvalue weighted by molar-refractivity contribution is 7.12. The van der Waals surface area contributed by atoms with Crippen molar-refractivity contribution < 1.29 is 9.84 Å². The standard InChI is InChI=1S/C15H17NO2S/c1-18-11-6-4-8-16-14(11)15(17)13-9-10-5-2-3-7-12(10)19-13/h4,6,8-9,15,17H,2-3,5,7H2,1H3. The average molecular weight is 275 g/mol. The summed E-state index contributed by atoms with van der Waals surface area (Å²) in [5.74, 6) is 0.640. The third-order valence-corrected chi connectivity index (χ3v) is 4.85. The van der Waals surface area contributed by atoms with Crippen LogP contribution in [0.15, 0.2) is 24.4 Å². The first-order valence-corrected chi connectivity index (χ1v) is 7.39. The van der Waals surface area contributed by atoms with Gasteiger partial charge in [-0.05, 0) is 49.4 Å². The van der Waals surface area contributed by atoms with Crippen LogP contribution in [0.2, 0.25) is 0 Å². The lowest BCUT2D eigenvalue weighted by Gasteiger charge is -2.11. The van der Waals surface area contributed by atoms with E-state index in [4.69, 9.17) is 4.74 Å². The van der Waals surface area contributed by atoms with Crippen molar-refractivity contribution in [3.05, 3.63) is 45.4 Å². The highest BCUT2D eigenvalue weighted by Gasteiger charge is 2.22. The molecule has 0 aliphatic heterocycles. The number of aryl methyl sites for hydroxylation is 2. The average Bonchev–Trinajstić information content (AvgIpc) is 2.90. The van der Waals surface area contributed by atoms with Gasteiger partial charge in [0.15, 0.2) is 0 Å². The number of rotatable bonds is 3. The van der Waals surface area contributed by atoms with Gasteiger partial charge in [0.2, 0.25) is 0 Å². The predicted molar refractivity (Wildman–Crippen MR) is 75.8 cm³/mol. The lowest BCUT2D eigenvalue weighted by Crippen LogP contribution is -2.03. The van der Waals surface area contributed by atoms with Gasteiger partial charge < -0.3 is 9.84 Å². The summed E-state index contributed by atoms with van der Waals surface area (Å²) >= 11 is 1.71. The molecule has 1 unspecified atom stereocenters. The molecule has 1 atom stereocenters. The minimum atomic E-state index is -0.688. The van der Waals surface area contributed by atoms with Gasteiger partial charge in [0.25, 0.3) is 0 Å². The summed E-state index contributed by atoms with van der Waals surface area (Å²) in [6, 6.07) is 5.78. The molecule has 2 heterocycles. The van der Waals surface area contributed by atoms with Crippen LogP contribution in [0.25, 0.3) is 0 Å². The Morgan fingerprint density at radius 1 is 1.37 bits per heavy atom. The van der Waals surface area contributed by atoms with Gasteiger partial charge >= 0.3 is 0 Å². The molecule has 1 N–H and O–H groups in total. The van der Waals surface area contributed by atoms with E-state index in [9.17, 15) is 5.11 Å². The number of thiophene rings is 1. The van der Waals surface area contributed by atoms with Crippen molar-refractivity contribution in [2.75, 3.05) is 7.11 Å². The second-order valence-corrected chi connectivity index (χ2v) is 5.97. The Morgan fingerprint density at radius 2 is 2.21 bits per heavy atom. The first-order chi connectivity index (χ1) is 9.29. The molecule has 0 fully saturated rings. The first kappa shape index (κ1) is 12.6. The number of aliphatic hydroxyl groups is 1. The fourth-order valence-electron chi connectivity index (χ4n) is 2.56. The normalized spacial score (nSPS) is 15.9. The van der Waals surface area contributed by atoms with Crippen molar-refractivity contribution in [3.8, 4) is 5.75 Å². The second kappa shape index (κ2) is 5.31. The molecule has 1 aliphatic carbocycles. The van der Waals surface area contributed by atoms with Gasteiger partial charge in [-0.15, -0.1) is 11.3 Å². The van der Waals surface area contributed by atoms with Gasteiger partial charge in [0.05, 0.1) is 7.11 Å². The zero-order valence-electron chi connectivity index (χ0n) is 10.9. The zero-order valence-corrected chi connectivity index (χ0v) is 11.7.